The van der Waals surface area contributed by atoms with Crippen LogP contribution in [0.4, 0.5) is 0 Å². The monoisotopic (exact) mass is 134 g/mol. The van der Waals surface area contributed by atoms with E-state index >= 15 is 0 Å². The van der Waals surface area contributed by atoms with Crippen LogP contribution in [0, 0.1) is 0 Å². The standard InChI is InChI=1S/C6H14O3/c1-6(9,5-8)3-2-4-7/h7-9H,2-5H2,1H3/t6-/m0/s1. The molecule has 0 amide bonds. The summed E-state index contributed by atoms with van der Waals surface area (Å²) in [5, 5.41) is 25.9. The minimum atomic E-state index is -1.01. The van der Waals surface area contributed by atoms with Gasteiger partial charge >= 0.3 is 0 Å². The first-order valence-corrected chi connectivity index (χ1v) is 3.06. The average molecular weight is 134 g/mol. The Morgan fingerprint density at radius 3 is 2.22 bits per heavy atom. The van der Waals surface area contributed by atoms with Crippen molar-refractivity contribution in [2.75, 3.05) is 13.2 Å². The molecular formula is C6H14O3. The highest BCUT2D eigenvalue weighted by Crippen LogP contribution is 2.09. The summed E-state index contributed by atoms with van der Waals surface area (Å²) in [6.07, 6.45) is 0.980. The molecule has 3 heteroatoms. The van der Waals surface area contributed by atoms with Crippen LogP contribution in [-0.4, -0.2) is 34.1 Å². The maximum absolute atomic E-state index is 9.09. The van der Waals surface area contributed by atoms with Crippen molar-refractivity contribution >= 4 is 0 Å². The van der Waals surface area contributed by atoms with Gasteiger partial charge in [-0.3, -0.25) is 0 Å². The van der Waals surface area contributed by atoms with Crippen LogP contribution >= 0.6 is 0 Å². The molecule has 9 heavy (non-hydrogen) atoms. The first-order valence-electron chi connectivity index (χ1n) is 3.06. The lowest BCUT2D eigenvalue weighted by molar-refractivity contribution is -0.00942. The molecule has 1 atom stereocenters. The number of aliphatic hydroxyl groups excluding tert-OH is 2. The molecular weight excluding hydrogens is 120 g/mol. The number of hydrogen-bond donors (Lipinski definition) is 3. The van der Waals surface area contributed by atoms with Crippen molar-refractivity contribution in [3.63, 3.8) is 0 Å². The van der Waals surface area contributed by atoms with Crippen molar-refractivity contribution in [1.29, 1.82) is 0 Å². The van der Waals surface area contributed by atoms with Gasteiger partial charge in [0.2, 0.25) is 0 Å². The Balaban J connectivity index is 3.33. The molecule has 0 unspecified atom stereocenters. The van der Waals surface area contributed by atoms with Crippen molar-refractivity contribution in [2.45, 2.75) is 25.4 Å². The summed E-state index contributed by atoms with van der Waals surface area (Å²) in [4.78, 5) is 0. The van der Waals surface area contributed by atoms with Gasteiger partial charge in [0.05, 0.1) is 12.2 Å². The van der Waals surface area contributed by atoms with Gasteiger partial charge in [-0.2, -0.15) is 0 Å². The Labute approximate surface area is 54.9 Å². The van der Waals surface area contributed by atoms with Crippen LogP contribution in [0.5, 0.6) is 0 Å². The van der Waals surface area contributed by atoms with E-state index in [-0.39, 0.29) is 13.2 Å². The highest BCUT2D eigenvalue weighted by Gasteiger charge is 2.17. The maximum atomic E-state index is 9.09. The van der Waals surface area contributed by atoms with Gasteiger partial charge < -0.3 is 15.3 Å². The van der Waals surface area contributed by atoms with E-state index < -0.39 is 5.60 Å². The van der Waals surface area contributed by atoms with E-state index in [1.54, 1.807) is 6.92 Å². The SMILES string of the molecule is C[C@@](O)(CO)CCCO. The van der Waals surface area contributed by atoms with E-state index in [0.717, 1.165) is 0 Å². The zero-order valence-electron chi connectivity index (χ0n) is 5.67. The molecule has 0 aromatic carbocycles. The first-order chi connectivity index (χ1) is 4.12. The molecule has 0 aromatic rings. The third-order valence-corrected chi connectivity index (χ3v) is 1.21. The highest BCUT2D eigenvalue weighted by molar-refractivity contribution is 4.69. The van der Waals surface area contributed by atoms with Crippen LogP contribution in [0.25, 0.3) is 0 Å². The van der Waals surface area contributed by atoms with Crippen molar-refractivity contribution in [3.05, 3.63) is 0 Å². The maximum Gasteiger partial charge on any atom is 0.0850 e. The van der Waals surface area contributed by atoms with E-state index in [4.69, 9.17) is 15.3 Å². The van der Waals surface area contributed by atoms with Gasteiger partial charge in [0.25, 0.3) is 0 Å². The molecule has 0 heterocycles. The lowest BCUT2D eigenvalue weighted by atomic mass is 10.0. The number of hydrogen-bond acceptors (Lipinski definition) is 3. The summed E-state index contributed by atoms with van der Waals surface area (Å²) in [7, 11) is 0. The lowest BCUT2D eigenvalue weighted by Gasteiger charge is -2.18. The summed E-state index contributed by atoms with van der Waals surface area (Å²) in [6, 6.07) is 0. The predicted octanol–water partition coefficient (Wildman–Crippen LogP) is -0.498. The smallest absolute Gasteiger partial charge is 0.0850 e. The molecule has 0 spiro atoms. The van der Waals surface area contributed by atoms with Gasteiger partial charge in [0.15, 0.2) is 0 Å². The molecule has 0 aliphatic heterocycles. The van der Waals surface area contributed by atoms with Gasteiger partial charge in [0, 0.05) is 6.61 Å². The third kappa shape index (κ3) is 4.39. The fourth-order valence-electron chi connectivity index (χ4n) is 0.539. The molecule has 0 saturated carbocycles. The van der Waals surface area contributed by atoms with Crippen LogP contribution in [0.2, 0.25) is 0 Å². The lowest BCUT2D eigenvalue weighted by Crippen LogP contribution is -2.28. The summed E-state index contributed by atoms with van der Waals surface area (Å²) >= 11 is 0. The van der Waals surface area contributed by atoms with Crippen LogP contribution in [0.15, 0.2) is 0 Å². The molecule has 0 aliphatic rings. The topological polar surface area (TPSA) is 60.7 Å². The molecule has 0 aromatic heterocycles. The molecule has 0 bridgehead atoms. The molecule has 3 N–H and O–H groups in total. The van der Waals surface area contributed by atoms with Crippen molar-refractivity contribution in [2.24, 2.45) is 0 Å². The van der Waals surface area contributed by atoms with Crippen LogP contribution in [0.3, 0.4) is 0 Å². The minimum absolute atomic E-state index is 0.0656. The van der Waals surface area contributed by atoms with Crippen LogP contribution in [-0.2, 0) is 0 Å². The predicted molar refractivity (Wildman–Crippen MR) is 34.0 cm³/mol. The molecule has 0 fully saturated rings. The summed E-state index contributed by atoms with van der Waals surface area (Å²) in [6.45, 7) is 1.37. The first kappa shape index (κ1) is 8.88. The normalized spacial score (nSPS) is 17.3. The van der Waals surface area contributed by atoms with Gasteiger partial charge in [-0.05, 0) is 19.8 Å². The van der Waals surface area contributed by atoms with Gasteiger partial charge in [-0.1, -0.05) is 0 Å². The second-order valence-electron chi connectivity index (χ2n) is 2.48. The molecule has 56 valence electrons. The van der Waals surface area contributed by atoms with Crippen molar-refractivity contribution in [3.8, 4) is 0 Å². The Morgan fingerprint density at radius 1 is 1.33 bits per heavy atom. The fraction of sp³-hybridized carbons (Fsp3) is 1.00. The van der Waals surface area contributed by atoms with E-state index in [1.165, 1.54) is 0 Å². The zero-order chi connectivity index (χ0) is 7.33. The van der Waals surface area contributed by atoms with Gasteiger partial charge in [-0.25, -0.2) is 0 Å². The molecule has 0 aliphatic carbocycles. The molecule has 0 rings (SSSR count). The molecule has 0 radical (unpaired) electrons. The van der Waals surface area contributed by atoms with Gasteiger partial charge in [-0.15, -0.1) is 0 Å². The zero-order valence-corrected chi connectivity index (χ0v) is 5.67. The Bertz CT molecular complexity index is 70.7. The average Bonchev–Trinajstić information content (AvgIpc) is 1.84. The van der Waals surface area contributed by atoms with Crippen molar-refractivity contribution < 1.29 is 15.3 Å². The van der Waals surface area contributed by atoms with E-state index in [9.17, 15) is 0 Å². The van der Waals surface area contributed by atoms with E-state index in [0.29, 0.717) is 12.8 Å². The van der Waals surface area contributed by atoms with Crippen molar-refractivity contribution in [1.82, 2.24) is 0 Å². The van der Waals surface area contributed by atoms with Gasteiger partial charge in [0.1, 0.15) is 0 Å². The van der Waals surface area contributed by atoms with Crippen LogP contribution in [0.1, 0.15) is 19.8 Å². The Kier molecular flexibility index (Phi) is 3.77. The Hall–Kier alpha value is -0.120. The number of aliphatic hydroxyl groups is 3. The van der Waals surface area contributed by atoms with E-state index in [1.807, 2.05) is 0 Å². The largest absolute Gasteiger partial charge is 0.396 e. The number of rotatable bonds is 4. The third-order valence-electron chi connectivity index (χ3n) is 1.21. The van der Waals surface area contributed by atoms with E-state index in [2.05, 4.69) is 0 Å². The van der Waals surface area contributed by atoms with Crippen LogP contribution < -0.4 is 0 Å². The summed E-state index contributed by atoms with van der Waals surface area (Å²) < 4.78 is 0. The summed E-state index contributed by atoms with van der Waals surface area (Å²) in [5.74, 6) is 0. The summed E-state index contributed by atoms with van der Waals surface area (Å²) in [5.41, 5.74) is -1.01. The molecule has 0 saturated heterocycles. The second kappa shape index (κ2) is 3.82. The fourth-order valence-corrected chi connectivity index (χ4v) is 0.539. The quantitative estimate of drug-likeness (QED) is 0.486. The second-order valence-corrected chi connectivity index (χ2v) is 2.48. The molecule has 3 nitrogen and oxygen atoms in total. The minimum Gasteiger partial charge on any atom is -0.396 e. The Morgan fingerprint density at radius 2 is 1.89 bits per heavy atom. The highest BCUT2D eigenvalue weighted by atomic mass is 16.3.